The van der Waals surface area contributed by atoms with Gasteiger partial charge in [-0.1, -0.05) is 0 Å². The number of fused-ring (bicyclic) bond motifs is 1. The molecule has 1 aliphatic carbocycles. The van der Waals surface area contributed by atoms with Crippen LogP contribution in [0.25, 0.3) is 0 Å². The fourth-order valence-corrected chi connectivity index (χ4v) is 1.27. The average molecular weight is 168 g/mol. The van der Waals surface area contributed by atoms with E-state index in [0.29, 0.717) is 18.8 Å². The molecule has 0 spiro atoms. The van der Waals surface area contributed by atoms with E-state index in [0.717, 1.165) is 5.76 Å². The molecule has 0 saturated carbocycles. The van der Waals surface area contributed by atoms with E-state index in [1.165, 1.54) is 0 Å². The normalized spacial score (nSPS) is 26.5. The lowest BCUT2D eigenvalue weighted by molar-refractivity contribution is -0.124. The molecule has 1 unspecified atom stereocenters. The molecule has 64 valence electrons. The first-order valence-corrected chi connectivity index (χ1v) is 3.64. The zero-order valence-electron chi connectivity index (χ0n) is 6.36. The summed E-state index contributed by atoms with van der Waals surface area (Å²) in [5.41, 5.74) is 0. The van der Waals surface area contributed by atoms with E-state index in [9.17, 15) is 4.79 Å². The van der Waals surface area contributed by atoms with Gasteiger partial charge in [0.2, 0.25) is 0 Å². The molecular weight excluding hydrogens is 160 g/mol. The molecule has 2 rings (SSSR count). The Morgan fingerprint density at radius 3 is 3.33 bits per heavy atom. The van der Waals surface area contributed by atoms with Crippen molar-refractivity contribution in [1.29, 1.82) is 0 Å². The Morgan fingerprint density at radius 1 is 1.67 bits per heavy atom. The van der Waals surface area contributed by atoms with Crippen molar-refractivity contribution in [3.8, 4) is 0 Å². The lowest BCUT2D eigenvalue weighted by Crippen LogP contribution is -2.18. The third-order valence-electron chi connectivity index (χ3n) is 1.81. The third-order valence-corrected chi connectivity index (χ3v) is 1.81. The minimum Gasteiger partial charge on any atom is -0.471 e. The van der Waals surface area contributed by atoms with Crippen LogP contribution in [0.5, 0.6) is 0 Å². The molecule has 1 saturated heterocycles. The van der Waals surface area contributed by atoms with Gasteiger partial charge in [0.05, 0.1) is 12.5 Å². The van der Waals surface area contributed by atoms with E-state index in [-0.39, 0.29) is 12.7 Å². The number of hydrogen-bond acceptors (Lipinski definition) is 4. The maximum Gasteiger partial charge on any atom is 0.298 e. The van der Waals surface area contributed by atoms with Crippen molar-refractivity contribution in [1.82, 2.24) is 0 Å². The highest BCUT2D eigenvalue weighted by Gasteiger charge is 2.25. The Morgan fingerprint density at radius 2 is 2.58 bits per heavy atom. The van der Waals surface area contributed by atoms with E-state index in [1.54, 1.807) is 6.08 Å². The van der Waals surface area contributed by atoms with Crippen LogP contribution in [-0.4, -0.2) is 19.9 Å². The van der Waals surface area contributed by atoms with Crippen LogP contribution in [-0.2, 0) is 19.0 Å². The standard InChI is InChI=1S/C8H8O4/c9-4-11-7-1-6-3-10-5-12-8(6)2-7/h1-2,4,6H,3,5H2. The van der Waals surface area contributed by atoms with Gasteiger partial charge < -0.3 is 14.2 Å². The summed E-state index contributed by atoms with van der Waals surface area (Å²) in [7, 11) is 0. The van der Waals surface area contributed by atoms with Gasteiger partial charge in [0.25, 0.3) is 6.47 Å². The Hall–Kier alpha value is -1.29. The topological polar surface area (TPSA) is 44.8 Å². The second kappa shape index (κ2) is 2.98. The molecule has 2 aliphatic rings. The number of carbonyl (C=O) groups is 1. The molecule has 0 aromatic heterocycles. The summed E-state index contributed by atoms with van der Waals surface area (Å²) in [6, 6.07) is 0. The molecule has 1 atom stereocenters. The van der Waals surface area contributed by atoms with Crippen molar-refractivity contribution in [2.24, 2.45) is 5.92 Å². The molecule has 1 aliphatic heterocycles. The summed E-state index contributed by atoms with van der Waals surface area (Å²) < 4.78 is 14.9. The number of rotatable bonds is 2. The number of carbonyl (C=O) groups excluding carboxylic acids is 1. The highest BCUT2D eigenvalue weighted by Crippen LogP contribution is 2.28. The Labute approximate surface area is 69.4 Å². The van der Waals surface area contributed by atoms with E-state index < -0.39 is 0 Å². The van der Waals surface area contributed by atoms with Gasteiger partial charge in [0, 0.05) is 6.08 Å². The summed E-state index contributed by atoms with van der Waals surface area (Å²) in [6.07, 6.45) is 3.52. The smallest absolute Gasteiger partial charge is 0.298 e. The fourth-order valence-electron chi connectivity index (χ4n) is 1.27. The van der Waals surface area contributed by atoms with Gasteiger partial charge in [-0.2, -0.15) is 0 Å². The van der Waals surface area contributed by atoms with Gasteiger partial charge in [-0.15, -0.1) is 0 Å². The van der Waals surface area contributed by atoms with Gasteiger partial charge in [0.1, 0.15) is 11.5 Å². The molecule has 0 bridgehead atoms. The molecule has 1 heterocycles. The number of hydrogen-bond donors (Lipinski definition) is 0. The van der Waals surface area contributed by atoms with Crippen LogP contribution in [0.15, 0.2) is 23.7 Å². The molecule has 4 heteroatoms. The molecule has 0 N–H and O–H groups in total. The second-order valence-corrected chi connectivity index (χ2v) is 2.57. The minimum atomic E-state index is 0.119. The van der Waals surface area contributed by atoms with Gasteiger partial charge in [-0.3, -0.25) is 4.79 Å². The Kier molecular flexibility index (Phi) is 1.83. The average Bonchev–Trinajstić information content (AvgIpc) is 2.47. The zero-order chi connectivity index (χ0) is 8.39. The first-order valence-electron chi connectivity index (χ1n) is 3.64. The van der Waals surface area contributed by atoms with E-state index in [2.05, 4.69) is 4.74 Å². The maximum atomic E-state index is 10.0. The van der Waals surface area contributed by atoms with Crippen molar-refractivity contribution < 1.29 is 19.0 Å². The second-order valence-electron chi connectivity index (χ2n) is 2.57. The molecule has 0 aromatic rings. The van der Waals surface area contributed by atoms with Crippen molar-refractivity contribution in [3.63, 3.8) is 0 Å². The predicted molar refractivity (Wildman–Crippen MR) is 38.7 cm³/mol. The highest BCUT2D eigenvalue weighted by molar-refractivity contribution is 5.44. The summed E-state index contributed by atoms with van der Waals surface area (Å²) in [4.78, 5) is 10.0. The van der Waals surface area contributed by atoms with Crippen LogP contribution >= 0.6 is 0 Å². The van der Waals surface area contributed by atoms with Gasteiger partial charge in [-0.25, -0.2) is 0 Å². The van der Waals surface area contributed by atoms with E-state index in [4.69, 9.17) is 9.47 Å². The third kappa shape index (κ3) is 1.21. The van der Waals surface area contributed by atoms with Gasteiger partial charge in [0.15, 0.2) is 6.79 Å². The Balaban J connectivity index is 2.10. The molecular formula is C8H8O4. The fraction of sp³-hybridized carbons (Fsp3) is 0.375. The number of ether oxygens (including phenoxy) is 3. The van der Waals surface area contributed by atoms with Crippen molar-refractivity contribution in [2.45, 2.75) is 0 Å². The van der Waals surface area contributed by atoms with Crippen LogP contribution in [0.2, 0.25) is 0 Å². The predicted octanol–water partition coefficient (Wildman–Crippen LogP) is 0.561. The largest absolute Gasteiger partial charge is 0.471 e. The summed E-state index contributed by atoms with van der Waals surface area (Å²) in [6.45, 7) is 1.28. The molecule has 1 fully saturated rings. The highest BCUT2D eigenvalue weighted by atomic mass is 16.7. The zero-order valence-corrected chi connectivity index (χ0v) is 6.36. The van der Waals surface area contributed by atoms with E-state index in [1.807, 2.05) is 6.08 Å². The van der Waals surface area contributed by atoms with Crippen LogP contribution in [0.1, 0.15) is 0 Å². The molecule has 12 heavy (non-hydrogen) atoms. The van der Waals surface area contributed by atoms with Crippen molar-refractivity contribution >= 4 is 6.47 Å². The number of allylic oxidation sites excluding steroid dienone is 1. The maximum absolute atomic E-state index is 10.0. The first-order chi connectivity index (χ1) is 5.90. The van der Waals surface area contributed by atoms with Crippen molar-refractivity contribution in [2.75, 3.05) is 13.4 Å². The Bertz CT molecular complexity index is 254. The molecule has 0 amide bonds. The van der Waals surface area contributed by atoms with Gasteiger partial charge in [-0.05, 0) is 6.08 Å². The van der Waals surface area contributed by atoms with E-state index >= 15 is 0 Å². The van der Waals surface area contributed by atoms with Crippen LogP contribution < -0.4 is 0 Å². The molecule has 0 radical (unpaired) electrons. The minimum absolute atomic E-state index is 0.119. The summed E-state index contributed by atoms with van der Waals surface area (Å²) >= 11 is 0. The quantitative estimate of drug-likeness (QED) is 0.565. The van der Waals surface area contributed by atoms with Crippen LogP contribution in [0.4, 0.5) is 0 Å². The lowest BCUT2D eigenvalue weighted by Gasteiger charge is -2.20. The van der Waals surface area contributed by atoms with Crippen LogP contribution in [0.3, 0.4) is 0 Å². The molecule has 0 aromatic carbocycles. The monoisotopic (exact) mass is 168 g/mol. The van der Waals surface area contributed by atoms with Crippen LogP contribution in [0, 0.1) is 5.92 Å². The van der Waals surface area contributed by atoms with Gasteiger partial charge >= 0.3 is 0 Å². The summed E-state index contributed by atoms with van der Waals surface area (Å²) in [5, 5.41) is 0. The van der Waals surface area contributed by atoms with Crippen molar-refractivity contribution in [3.05, 3.63) is 23.7 Å². The SMILES string of the molecule is O=COC1=CC2COCOC2=C1. The summed E-state index contributed by atoms with van der Waals surface area (Å²) in [5.74, 6) is 1.47. The molecule has 4 nitrogen and oxygen atoms in total. The first kappa shape index (κ1) is 7.36. The lowest BCUT2D eigenvalue weighted by atomic mass is 10.1.